The fraction of sp³-hybridized carbons (Fsp3) is 0.474. The number of nitrogens with zero attached hydrogens (tertiary/aromatic N) is 4. The molecule has 0 radical (unpaired) electrons. The third-order valence-electron chi connectivity index (χ3n) is 4.70. The van der Waals surface area contributed by atoms with Crippen LogP contribution < -0.4 is 10.1 Å². The fourth-order valence-electron chi connectivity index (χ4n) is 3.16. The molecule has 0 bridgehead atoms. The molecule has 1 saturated heterocycles. The predicted octanol–water partition coefficient (Wildman–Crippen LogP) is 2.27. The van der Waals surface area contributed by atoms with Gasteiger partial charge in [-0.2, -0.15) is 0 Å². The molecule has 1 aliphatic heterocycles. The van der Waals surface area contributed by atoms with Crippen LogP contribution in [-0.2, 0) is 13.0 Å². The van der Waals surface area contributed by atoms with Crippen molar-refractivity contribution in [3.63, 3.8) is 0 Å². The molecular formula is C19H26ClN5O2. The summed E-state index contributed by atoms with van der Waals surface area (Å²) in [6.07, 6.45) is 2.44. The second-order valence-corrected chi connectivity index (χ2v) is 6.84. The van der Waals surface area contributed by atoms with Crippen LogP contribution in [0.15, 0.2) is 40.0 Å². The van der Waals surface area contributed by atoms with Crippen molar-refractivity contribution in [1.29, 1.82) is 0 Å². The van der Waals surface area contributed by atoms with Gasteiger partial charge in [-0.25, -0.2) is 0 Å². The Balaban J connectivity index is 1.44. The van der Waals surface area contributed by atoms with Crippen molar-refractivity contribution >= 4 is 17.6 Å². The number of nitrogens with one attached hydrogen (secondary N) is 1. The van der Waals surface area contributed by atoms with Crippen molar-refractivity contribution in [1.82, 2.24) is 20.3 Å². The number of piperazine rings is 1. The molecule has 27 heavy (non-hydrogen) atoms. The van der Waals surface area contributed by atoms with E-state index in [2.05, 4.69) is 25.3 Å². The number of hydrogen-bond donors (Lipinski definition) is 1. The average molecular weight is 392 g/mol. The van der Waals surface area contributed by atoms with Crippen LogP contribution in [0.5, 0.6) is 5.75 Å². The number of guanidine groups is 1. The summed E-state index contributed by atoms with van der Waals surface area (Å²) in [6.45, 7) is 5.40. The minimum atomic E-state index is 0.729. The topological polar surface area (TPSA) is 66.1 Å². The second kappa shape index (κ2) is 9.62. The third-order valence-corrected chi connectivity index (χ3v) is 5.05. The van der Waals surface area contributed by atoms with Gasteiger partial charge in [-0.15, -0.1) is 0 Å². The van der Waals surface area contributed by atoms with E-state index in [4.69, 9.17) is 20.9 Å². The molecule has 0 unspecified atom stereocenters. The maximum absolute atomic E-state index is 6.31. The minimum absolute atomic E-state index is 0.729. The van der Waals surface area contributed by atoms with Crippen LogP contribution >= 0.6 is 11.6 Å². The molecule has 2 heterocycles. The summed E-state index contributed by atoms with van der Waals surface area (Å²) in [4.78, 5) is 9.09. The molecule has 146 valence electrons. The molecule has 7 nitrogen and oxygen atoms in total. The van der Waals surface area contributed by atoms with Gasteiger partial charge in [0.25, 0.3) is 0 Å². The molecular weight excluding hydrogens is 366 g/mol. The maximum atomic E-state index is 6.31. The quantitative estimate of drug-likeness (QED) is 0.602. The Labute approximate surface area is 164 Å². The largest absolute Gasteiger partial charge is 0.497 e. The Bertz CT molecular complexity index is 743. The number of ether oxygens (including phenoxy) is 1. The Morgan fingerprint density at radius 3 is 2.74 bits per heavy atom. The van der Waals surface area contributed by atoms with Gasteiger partial charge in [0.15, 0.2) is 5.96 Å². The molecule has 1 N–H and O–H groups in total. The number of hydrogen-bond acceptors (Lipinski definition) is 5. The highest BCUT2D eigenvalue weighted by atomic mass is 35.5. The van der Waals surface area contributed by atoms with Crippen LogP contribution in [0.25, 0.3) is 0 Å². The average Bonchev–Trinajstić information content (AvgIpc) is 3.20. The van der Waals surface area contributed by atoms with Gasteiger partial charge in [0.1, 0.15) is 12.0 Å². The second-order valence-electron chi connectivity index (χ2n) is 6.44. The van der Waals surface area contributed by atoms with Gasteiger partial charge < -0.3 is 19.5 Å². The van der Waals surface area contributed by atoms with Gasteiger partial charge in [-0.1, -0.05) is 22.8 Å². The molecule has 3 rings (SSSR count). The van der Waals surface area contributed by atoms with Crippen LogP contribution in [0.1, 0.15) is 11.3 Å². The number of aromatic nitrogens is 1. The number of rotatable bonds is 6. The minimum Gasteiger partial charge on any atom is -0.497 e. The zero-order chi connectivity index (χ0) is 19.1. The molecule has 8 heteroatoms. The highest BCUT2D eigenvalue weighted by molar-refractivity contribution is 6.31. The van der Waals surface area contributed by atoms with E-state index in [1.807, 2.05) is 31.3 Å². The van der Waals surface area contributed by atoms with E-state index in [0.717, 1.165) is 73.7 Å². The molecule has 0 aliphatic carbocycles. The van der Waals surface area contributed by atoms with Crippen LogP contribution in [0.3, 0.4) is 0 Å². The fourth-order valence-corrected chi connectivity index (χ4v) is 3.43. The van der Waals surface area contributed by atoms with E-state index >= 15 is 0 Å². The first-order valence-corrected chi connectivity index (χ1v) is 9.47. The van der Waals surface area contributed by atoms with Crippen molar-refractivity contribution in [2.75, 3.05) is 46.9 Å². The zero-order valence-electron chi connectivity index (χ0n) is 15.8. The summed E-state index contributed by atoms with van der Waals surface area (Å²) in [5.41, 5.74) is 2.07. The first kappa shape index (κ1) is 19.5. The smallest absolute Gasteiger partial charge is 0.193 e. The number of methoxy groups -OCH3 is 1. The summed E-state index contributed by atoms with van der Waals surface area (Å²) < 4.78 is 10.1. The number of halogens is 1. The van der Waals surface area contributed by atoms with E-state index in [1.54, 1.807) is 13.4 Å². The Hall–Kier alpha value is -2.25. The van der Waals surface area contributed by atoms with Crippen LogP contribution in [0, 0.1) is 0 Å². The maximum Gasteiger partial charge on any atom is 0.193 e. The summed E-state index contributed by atoms with van der Waals surface area (Å²) in [7, 11) is 3.47. The Kier molecular flexibility index (Phi) is 6.95. The van der Waals surface area contributed by atoms with Gasteiger partial charge >= 0.3 is 0 Å². The summed E-state index contributed by atoms with van der Waals surface area (Å²) in [5, 5.41) is 8.16. The van der Waals surface area contributed by atoms with Crippen LogP contribution in [0.2, 0.25) is 5.02 Å². The Morgan fingerprint density at radius 1 is 1.30 bits per heavy atom. The summed E-state index contributed by atoms with van der Waals surface area (Å²) in [5.74, 6) is 1.71. The monoisotopic (exact) mass is 391 g/mol. The summed E-state index contributed by atoms with van der Waals surface area (Å²) >= 11 is 6.31. The molecule has 1 aromatic carbocycles. The van der Waals surface area contributed by atoms with E-state index in [1.165, 1.54) is 0 Å². The Morgan fingerprint density at radius 2 is 2.11 bits per heavy atom. The molecule has 0 saturated carbocycles. The van der Waals surface area contributed by atoms with Gasteiger partial charge in [-0.3, -0.25) is 9.89 Å². The first-order valence-electron chi connectivity index (χ1n) is 9.09. The molecule has 2 aromatic rings. The molecule has 1 aromatic heterocycles. The lowest BCUT2D eigenvalue weighted by molar-refractivity contribution is 0.169. The zero-order valence-corrected chi connectivity index (χ0v) is 16.6. The molecule has 1 fully saturated rings. The van der Waals surface area contributed by atoms with Gasteiger partial charge in [-0.05, 0) is 24.1 Å². The molecule has 0 amide bonds. The SMILES string of the molecule is CN=C(NCCc1ccc(OC)cc1Cl)N1CCN(Cc2ccon2)CC1. The third kappa shape index (κ3) is 5.37. The number of aliphatic imine (C=N–C) groups is 1. The highest BCUT2D eigenvalue weighted by Crippen LogP contribution is 2.22. The molecule has 0 atom stereocenters. The summed E-state index contributed by atoms with van der Waals surface area (Å²) in [6, 6.07) is 7.70. The van der Waals surface area contributed by atoms with E-state index in [0.29, 0.717) is 0 Å². The van der Waals surface area contributed by atoms with Crippen molar-refractivity contribution in [3.05, 3.63) is 46.8 Å². The van der Waals surface area contributed by atoms with Gasteiger partial charge in [0.2, 0.25) is 0 Å². The van der Waals surface area contributed by atoms with E-state index < -0.39 is 0 Å². The van der Waals surface area contributed by atoms with E-state index in [-0.39, 0.29) is 0 Å². The lowest BCUT2D eigenvalue weighted by atomic mass is 10.1. The van der Waals surface area contributed by atoms with E-state index in [9.17, 15) is 0 Å². The van der Waals surface area contributed by atoms with Crippen molar-refractivity contribution in [3.8, 4) is 5.75 Å². The molecule has 1 aliphatic rings. The van der Waals surface area contributed by atoms with Gasteiger partial charge in [0.05, 0.1) is 12.8 Å². The first-order chi connectivity index (χ1) is 13.2. The van der Waals surface area contributed by atoms with Crippen LogP contribution in [0.4, 0.5) is 0 Å². The molecule has 0 spiro atoms. The van der Waals surface area contributed by atoms with Crippen molar-refractivity contribution in [2.24, 2.45) is 4.99 Å². The lowest BCUT2D eigenvalue weighted by Crippen LogP contribution is -2.52. The number of benzene rings is 1. The van der Waals surface area contributed by atoms with Crippen molar-refractivity contribution < 1.29 is 9.26 Å². The highest BCUT2D eigenvalue weighted by Gasteiger charge is 2.20. The standard InChI is InChI=1S/C19H26ClN5O2/c1-21-19(22-7-5-15-3-4-17(26-2)13-18(15)20)25-10-8-24(9-11-25)14-16-6-12-27-23-16/h3-4,6,12-13H,5,7-11,14H2,1-2H3,(H,21,22). The lowest BCUT2D eigenvalue weighted by Gasteiger charge is -2.36. The normalized spacial score (nSPS) is 15.8. The predicted molar refractivity (Wildman–Crippen MR) is 106 cm³/mol. The van der Waals surface area contributed by atoms with Crippen molar-refractivity contribution in [2.45, 2.75) is 13.0 Å². The van der Waals surface area contributed by atoms with Gasteiger partial charge in [0, 0.05) is 57.4 Å². The van der Waals surface area contributed by atoms with Crippen LogP contribution in [-0.4, -0.2) is 67.8 Å².